The van der Waals surface area contributed by atoms with Gasteiger partial charge in [0.15, 0.2) is 0 Å². The van der Waals surface area contributed by atoms with Crippen molar-refractivity contribution in [2.24, 2.45) is 0 Å². The van der Waals surface area contributed by atoms with E-state index in [1.165, 1.54) is 18.5 Å². The summed E-state index contributed by atoms with van der Waals surface area (Å²) in [4.78, 5) is 11.9. The molecule has 3 rings (SSSR count). The summed E-state index contributed by atoms with van der Waals surface area (Å²) in [6.45, 7) is 0. The van der Waals surface area contributed by atoms with Crippen LogP contribution in [0.2, 0.25) is 0 Å². The van der Waals surface area contributed by atoms with Crippen molar-refractivity contribution in [3.63, 3.8) is 0 Å². The first-order chi connectivity index (χ1) is 12.6. The molecular weight excluding hydrogens is 374 g/mol. The summed E-state index contributed by atoms with van der Waals surface area (Å²) < 4.78 is 77.6. The van der Waals surface area contributed by atoms with Crippen LogP contribution in [0.25, 0.3) is 11.3 Å². The molecule has 3 aromatic rings. The van der Waals surface area contributed by atoms with Gasteiger partial charge in [-0.25, -0.2) is 9.97 Å². The Morgan fingerprint density at radius 3 is 2.04 bits per heavy atom. The Labute approximate surface area is 148 Å². The Hall–Kier alpha value is -3.17. The maximum Gasteiger partial charge on any atom is 0.416 e. The largest absolute Gasteiger partial charge is 0.416 e. The summed E-state index contributed by atoms with van der Waals surface area (Å²) >= 11 is 0. The van der Waals surface area contributed by atoms with Gasteiger partial charge in [0.25, 0.3) is 0 Å². The van der Waals surface area contributed by atoms with E-state index in [9.17, 15) is 26.3 Å². The van der Waals surface area contributed by atoms with Crippen molar-refractivity contribution in [2.45, 2.75) is 12.4 Å². The molecule has 27 heavy (non-hydrogen) atoms. The van der Waals surface area contributed by atoms with Crippen molar-refractivity contribution in [3.05, 3.63) is 66.1 Å². The minimum absolute atomic E-state index is 0.0537. The smallest absolute Gasteiger partial charge is 0.324 e. The van der Waals surface area contributed by atoms with Gasteiger partial charge in [-0.1, -0.05) is 0 Å². The lowest BCUT2D eigenvalue weighted by Crippen LogP contribution is -2.12. The van der Waals surface area contributed by atoms with E-state index in [1.54, 1.807) is 18.3 Å². The van der Waals surface area contributed by atoms with Crippen LogP contribution in [0.15, 0.2) is 55.0 Å². The number of hydrogen-bond acceptors (Lipinski definition) is 4. The van der Waals surface area contributed by atoms with Crippen LogP contribution in [0.3, 0.4) is 0 Å². The molecule has 0 amide bonds. The molecule has 1 N–H and O–H groups in total. The van der Waals surface area contributed by atoms with Crippen molar-refractivity contribution in [1.82, 2.24) is 15.0 Å². The van der Waals surface area contributed by atoms with Gasteiger partial charge in [0.2, 0.25) is 5.95 Å². The van der Waals surface area contributed by atoms with Crippen molar-refractivity contribution >= 4 is 11.6 Å². The second-order valence-corrected chi connectivity index (χ2v) is 5.43. The first kappa shape index (κ1) is 18.6. The highest BCUT2D eigenvalue weighted by Gasteiger charge is 2.37. The molecule has 0 radical (unpaired) electrons. The Morgan fingerprint density at radius 1 is 0.815 bits per heavy atom. The Balaban J connectivity index is 1.98. The zero-order chi connectivity index (χ0) is 19.7. The topological polar surface area (TPSA) is 50.7 Å². The standard InChI is InChI=1S/C17H10F6N4/c18-16(19,20)11-6-12(17(21,22)23)8-13(7-11)26-15-25-5-3-14(27-15)10-2-1-4-24-9-10/h1-9H,(H,25,26,27). The van der Waals surface area contributed by atoms with Gasteiger partial charge in [-0.2, -0.15) is 26.3 Å². The molecule has 0 bridgehead atoms. The third kappa shape index (κ3) is 4.52. The molecule has 1 aromatic carbocycles. The normalized spacial score (nSPS) is 12.1. The molecule has 0 aliphatic rings. The van der Waals surface area contributed by atoms with Crippen LogP contribution < -0.4 is 5.32 Å². The highest BCUT2D eigenvalue weighted by molar-refractivity contribution is 5.62. The summed E-state index contributed by atoms with van der Waals surface area (Å²) in [7, 11) is 0. The third-order valence-electron chi connectivity index (χ3n) is 3.46. The van der Waals surface area contributed by atoms with Gasteiger partial charge in [0, 0.05) is 29.8 Å². The molecule has 0 aliphatic heterocycles. The summed E-state index contributed by atoms with van der Waals surface area (Å²) in [6, 6.07) is 6.08. The first-order valence-electron chi connectivity index (χ1n) is 7.43. The van der Waals surface area contributed by atoms with E-state index in [1.807, 2.05) is 0 Å². The molecule has 2 aromatic heterocycles. The number of pyridine rings is 1. The molecule has 140 valence electrons. The minimum atomic E-state index is -4.93. The van der Waals surface area contributed by atoms with Crippen molar-refractivity contribution in [1.29, 1.82) is 0 Å². The predicted octanol–water partition coefficient (Wildman–Crippen LogP) is 5.32. The molecular formula is C17H10F6N4. The van der Waals surface area contributed by atoms with Gasteiger partial charge < -0.3 is 5.32 Å². The van der Waals surface area contributed by atoms with Gasteiger partial charge in [0.05, 0.1) is 16.8 Å². The number of nitrogens with zero attached hydrogens (tertiary/aromatic N) is 3. The average Bonchev–Trinajstić information content (AvgIpc) is 2.61. The van der Waals surface area contributed by atoms with Crippen molar-refractivity contribution in [2.75, 3.05) is 5.32 Å². The van der Waals surface area contributed by atoms with Crippen LogP contribution in [0.5, 0.6) is 0 Å². The summed E-state index contributed by atoms with van der Waals surface area (Å²) in [5.41, 5.74) is -2.27. The highest BCUT2D eigenvalue weighted by atomic mass is 19.4. The maximum absolute atomic E-state index is 12.9. The van der Waals surface area contributed by atoms with Crippen molar-refractivity contribution in [3.8, 4) is 11.3 Å². The molecule has 0 aliphatic carbocycles. The molecule has 0 atom stereocenters. The fourth-order valence-electron chi connectivity index (χ4n) is 2.25. The zero-order valence-corrected chi connectivity index (χ0v) is 13.3. The van der Waals surface area contributed by atoms with E-state index in [0.717, 1.165) is 0 Å². The predicted molar refractivity (Wildman–Crippen MR) is 85.0 cm³/mol. The monoisotopic (exact) mass is 384 g/mol. The number of rotatable bonds is 3. The SMILES string of the molecule is FC(F)(F)c1cc(Nc2nccc(-c3cccnc3)n2)cc(C(F)(F)F)c1. The summed E-state index contributed by atoms with van der Waals surface area (Å²) in [5.74, 6) is -0.149. The molecule has 0 saturated carbocycles. The number of hydrogen-bond donors (Lipinski definition) is 1. The summed E-state index contributed by atoms with van der Waals surface area (Å²) in [5, 5.41) is 2.40. The third-order valence-corrected chi connectivity index (χ3v) is 3.46. The minimum Gasteiger partial charge on any atom is -0.324 e. The number of benzene rings is 1. The van der Waals surface area contributed by atoms with E-state index in [-0.39, 0.29) is 12.0 Å². The lowest BCUT2D eigenvalue weighted by atomic mass is 10.1. The average molecular weight is 384 g/mol. The van der Waals surface area contributed by atoms with Gasteiger partial charge in [-0.05, 0) is 36.4 Å². The van der Waals surface area contributed by atoms with Crippen molar-refractivity contribution < 1.29 is 26.3 Å². The molecule has 4 nitrogen and oxygen atoms in total. The van der Waals surface area contributed by atoms with E-state index in [4.69, 9.17) is 0 Å². The molecule has 0 saturated heterocycles. The van der Waals surface area contributed by atoms with Crippen LogP contribution in [0, 0.1) is 0 Å². The van der Waals surface area contributed by atoms with Gasteiger partial charge in [-0.15, -0.1) is 0 Å². The van der Waals surface area contributed by atoms with E-state index in [2.05, 4.69) is 20.3 Å². The quantitative estimate of drug-likeness (QED) is 0.621. The number of anilines is 2. The van der Waals surface area contributed by atoms with Crippen LogP contribution in [0.1, 0.15) is 11.1 Å². The molecule has 0 fully saturated rings. The Kier molecular flexibility index (Phi) is 4.73. The molecule has 2 heterocycles. The second-order valence-electron chi connectivity index (χ2n) is 5.43. The van der Waals surface area contributed by atoms with Gasteiger partial charge >= 0.3 is 12.4 Å². The van der Waals surface area contributed by atoms with Crippen LogP contribution in [-0.2, 0) is 12.4 Å². The van der Waals surface area contributed by atoms with Gasteiger partial charge in [-0.3, -0.25) is 4.98 Å². The molecule has 10 heteroatoms. The lowest BCUT2D eigenvalue weighted by Gasteiger charge is -2.15. The van der Waals surface area contributed by atoms with Crippen LogP contribution in [0.4, 0.5) is 38.0 Å². The van der Waals surface area contributed by atoms with Crippen LogP contribution in [-0.4, -0.2) is 15.0 Å². The first-order valence-corrected chi connectivity index (χ1v) is 7.43. The lowest BCUT2D eigenvalue weighted by molar-refractivity contribution is -0.143. The van der Waals surface area contributed by atoms with Gasteiger partial charge in [0.1, 0.15) is 0 Å². The van der Waals surface area contributed by atoms with Crippen LogP contribution >= 0.6 is 0 Å². The Morgan fingerprint density at radius 2 is 1.48 bits per heavy atom. The van der Waals surface area contributed by atoms with E-state index < -0.39 is 29.2 Å². The highest BCUT2D eigenvalue weighted by Crippen LogP contribution is 2.38. The Bertz CT molecular complexity index is 906. The van der Waals surface area contributed by atoms with E-state index in [0.29, 0.717) is 23.4 Å². The fourth-order valence-corrected chi connectivity index (χ4v) is 2.25. The summed E-state index contributed by atoms with van der Waals surface area (Å²) in [6.07, 6.45) is -5.48. The second kappa shape index (κ2) is 6.86. The zero-order valence-electron chi connectivity index (χ0n) is 13.3. The molecule has 0 unspecified atom stereocenters. The number of alkyl halides is 6. The number of nitrogens with one attached hydrogen (secondary N) is 1. The molecule has 0 spiro atoms. The number of halogens is 6. The maximum atomic E-state index is 12.9. The number of aromatic nitrogens is 3. The fraction of sp³-hybridized carbons (Fsp3) is 0.118. The van der Waals surface area contributed by atoms with E-state index >= 15 is 0 Å².